The zero-order valence-corrected chi connectivity index (χ0v) is 8.12. The summed E-state index contributed by atoms with van der Waals surface area (Å²) in [4.78, 5) is 11.4. The molecule has 0 radical (unpaired) electrons. The van der Waals surface area contributed by atoms with Gasteiger partial charge in [-0.05, 0) is 12.1 Å². The summed E-state index contributed by atoms with van der Waals surface area (Å²) in [7, 11) is 1.59. The maximum atomic E-state index is 11.4. The van der Waals surface area contributed by atoms with Crippen molar-refractivity contribution in [1.82, 2.24) is 5.32 Å². The number of hydrogen-bond donors (Lipinski definition) is 1. The highest BCUT2D eigenvalue weighted by Crippen LogP contribution is 2.17. The predicted molar refractivity (Wildman–Crippen MR) is 55.5 cm³/mol. The predicted octanol–water partition coefficient (Wildman–Crippen LogP) is 1.61. The standard InChI is InChI=1S/C11H13NO2/c1-3-8-14-10-7-5-4-6-9(10)11(13)12-2/h3-7H,1,8H2,2H3,(H,12,13). The zero-order chi connectivity index (χ0) is 10.4. The van der Waals surface area contributed by atoms with Gasteiger partial charge in [0.2, 0.25) is 0 Å². The van der Waals surface area contributed by atoms with E-state index in [1.165, 1.54) is 0 Å². The number of carbonyl (C=O) groups is 1. The molecule has 0 aliphatic carbocycles. The minimum Gasteiger partial charge on any atom is -0.489 e. The number of nitrogens with one attached hydrogen (secondary N) is 1. The van der Waals surface area contributed by atoms with Crippen LogP contribution in [-0.2, 0) is 0 Å². The topological polar surface area (TPSA) is 38.3 Å². The fourth-order valence-electron chi connectivity index (χ4n) is 1.06. The van der Waals surface area contributed by atoms with E-state index in [2.05, 4.69) is 11.9 Å². The van der Waals surface area contributed by atoms with Crippen LogP contribution in [0.25, 0.3) is 0 Å². The molecule has 1 N–H and O–H groups in total. The van der Waals surface area contributed by atoms with E-state index in [-0.39, 0.29) is 5.91 Å². The molecular weight excluding hydrogens is 178 g/mol. The molecule has 0 aliphatic heterocycles. The molecule has 14 heavy (non-hydrogen) atoms. The van der Waals surface area contributed by atoms with Gasteiger partial charge in [-0.25, -0.2) is 0 Å². The van der Waals surface area contributed by atoms with E-state index in [0.717, 1.165) is 0 Å². The Morgan fingerprint density at radius 1 is 1.57 bits per heavy atom. The van der Waals surface area contributed by atoms with Crippen LogP contribution in [0.2, 0.25) is 0 Å². The molecule has 0 spiro atoms. The average molecular weight is 191 g/mol. The van der Waals surface area contributed by atoms with Crippen LogP contribution in [-0.4, -0.2) is 19.6 Å². The molecule has 0 heterocycles. The molecule has 1 amide bonds. The van der Waals surface area contributed by atoms with Gasteiger partial charge in [0.15, 0.2) is 0 Å². The van der Waals surface area contributed by atoms with Gasteiger partial charge in [-0.2, -0.15) is 0 Å². The smallest absolute Gasteiger partial charge is 0.254 e. The van der Waals surface area contributed by atoms with Gasteiger partial charge in [0.25, 0.3) is 5.91 Å². The Bertz CT molecular complexity index is 334. The molecule has 0 saturated heterocycles. The first kappa shape index (κ1) is 10.3. The third-order valence-electron chi connectivity index (χ3n) is 1.72. The van der Waals surface area contributed by atoms with E-state index in [9.17, 15) is 4.79 Å². The van der Waals surface area contributed by atoms with E-state index in [1.54, 1.807) is 31.3 Å². The Morgan fingerprint density at radius 3 is 2.93 bits per heavy atom. The first-order chi connectivity index (χ1) is 6.79. The van der Waals surface area contributed by atoms with Crippen molar-refractivity contribution in [1.29, 1.82) is 0 Å². The van der Waals surface area contributed by atoms with E-state index in [4.69, 9.17) is 4.74 Å². The molecule has 0 aliphatic rings. The third kappa shape index (κ3) is 2.36. The van der Waals surface area contributed by atoms with Gasteiger partial charge in [0.05, 0.1) is 5.56 Å². The fraction of sp³-hybridized carbons (Fsp3) is 0.182. The maximum absolute atomic E-state index is 11.4. The van der Waals surface area contributed by atoms with E-state index >= 15 is 0 Å². The van der Waals surface area contributed by atoms with Crippen molar-refractivity contribution in [2.75, 3.05) is 13.7 Å². The van der Waals surface area contributed by atoms with E-state index in [1.807, 2.05) is 6.07 Å². The summed E-state index contributed by atoms with van der Waals surface area (Å²) in [5, 5.41) is 2.55. The van der Waals surface area contributed by atoms with Crippen molar-refractivity contribution in [2.24, 2.45) is 0 Å². The number of benzene rings is 1. The molecule has 0 bridgehead atoms. The summed E-state index contributed by atoms with van der Waals surface area (Å²) in [6.07, 6.45) is 1.64. The molecule has 0 unspecified atom stereocenters. The maximum Gasteiger partial charge on any atom is 0.254 e. The molecule has 1 aromatic rings. The van der Waals surface area contributed by atoms with E-state index in [0.29, 0.717) is 17.9 Å². The largest absolute Gasteiger partial charge is 0.489 e. The molecule has 3 heteroatoms. The fourth-order valence-corrected chi connectivity index (χ4v) is 1.06. The van der Waals surface area contributed by atoms with Crippen LogP contribution in [0.3, 0.4) is 0 Å². The van der Waals surface area contributed by atoms with Crippen LogP contribution in [0, 0.1) is 0 Å². The molecule has 74 valence electrons. The molecule has 0 fully saturated rings. The number of rotatable bonds is 4. The summed E-state index contributed by atoms with van der Waals surface area (Å²) in [6, 6.07) is 7.10. The minimum absolute atomic E-state index is 0.148. The van der Waals surface area contributed by atoms with Gasteiger partial charge in [0, 0.05) is 7.05 Å². The van der Waals surface area contributed by atoms with Crippen molar-refractivity contribution in [3.63, 3.8) is 0 Å². The van der Waals surface area contributed by atoms with Crippen LogP contribution in [0.15, 0.2) is 36.9 Å². The summed E-state index contributed by atoms with van der Waals surface area (Å²) in [5.41, 5.74) is 0.539. The van der Waals surface area contributed by atoms with Crippen molar-refractivity contribution in [3.05, 3.63) is 42.5 Å². The van der Waals surface area contributed by atoms with Crippen LogP contribution >= 0.6 is 0 Å². The number of carbonyl (C=O) groups excluding carboxylic acids is 1. The molecule has 0 aromatic heterocycles. The molecule has 1 aromatic carbocycles. The highest BCUT2D eigenvalue weighted by Gasteiger charge is 2.08. The molecule has 3 nitrogen and oxygen atoms in total. The van der Waals surface area contributed by atoms with Crippen LogP contribution in [0.4, 0.5) is 0 Å². The molecule has 1 rings (SSSR count). The van der Waals surface area contributed by atoms with Gasteiger partial charge in [-0.3, -0.25) is 4.79 Å². The van der Waals surface area contributed by atoms with E-state index < -0.39 is 0 Å². The second-order valence-electron chi connectivity index (χ2n) is 2.67. The molecule has 0 atom stereocenters. The zero-order valence-electron chi connectivity index (χ0n) is 8.12. The summed E-state index contributed by atoms with van der Waals surface area (Å²) >= 11 is 0. The lowest BCUT2D eigenvalue weighted by molar-refractivity contribution is 0.0959. The third-order valence-corrected chi connectivity index (χ3v) is 1.72. The first-order valence-corrected chi connectivity index (χ1v) is 4.34. The summed E-state index contributed by atoms with van der Waals surface area (Å²) in [6.45, 7) is 3.94. The van der Waals surface area contributed by atoms with Crippen LogP contribution in [0.5, 0.6) is 5.75 Å². The van der Waals surface area contributed by atoms with Crippen molar-refractivity contribution in [2.45, 2.75) is 0 Å². The molecule has 0 saturated carbocycles. The normalized spacial score (nSPS) is 9.21. The van der Waals surface area contributed by atoms with Crippen LogP contribution < -0.4 is 10.1 Å². The van der Waals surface area contributed by atoms with Crippen molar-refractivity contribution >= 4 is 5.91 Å². The minimum atomic E-state index is -0.148. The Labute approximate surface area is 83.4 Å². The Balaban J connectivity index is 2.90. The van der Waals surface area contributed by atoms with Gasteiger partial charge < -0.3 is 10.1 Å². The Morgan fingerprint density at radius 2 is 2.29 bits per heavy atom. The first-order valence-electron chi connectivity index (χ1n) is 4.34. The lowest BCUT2D eigenvalue weighted by atomic mass is 10.2. The SMILES string of the molecule is C=CCOc1ccccc1C(=O)NC. The lowest BCUT2D eigenvalue weighted by Crippen LogP contribution is -2.18. The Kier molecular flexibility index (Phi) is 3.73. The highest BCUT2D eigenvalue weighted by molar-refractivity contribution is 5.96. The summed E-state index contributed by atoms with van der Waals surface area (Å²) < 4.78 is 5.33. The van der Waals surface area contributed by atoms with Crippen LogP contribution in [0.1, 0.15) is 10.4 Å². The van der Waals surface area contributed by atoms with Gasteiger partial charge >= 0.3 is 0 Å². The second-order valence-corrected chi connectivity index (χ2v) is 2.67. The number of para-hydroxylation sites is 1. The Hall–Kier alpha value is -1.77. The highest BCUT2D eigenvalue weighted by atomic mass is 16.5. The van der Waals surface area contributed by atoms with Gasteiger partial charge in [-0.15, -0.1) is 0 Å². The number of amides is 1. The lowest BCUT2D eigenvalue weighted by Gasteiger charge is -2.08. The number of hydrogen-bond acceptors (Lipinski definition) is 2. The van der Waals surface area contributed by atoms with Gasteiger partial charge in [0.1, 0.15) is 12.4 Å². The second kappa shape index (κ2) is 5.07. The monoisotopic (exact) mass is 191 g/mol. The number of ether oxygens (including phenoxy) is 1. The average Bonchev–Trinajstić information content (AvgIpc) is 2.25. The van der Waals surface area contributed by atoms with Crippen molar-refractivity contribution in [3.8, 4) is 5.75 Å². The molecular formula is C11H13NO2. The summed E-state index contributed by atoms with van der Waals surface area (Å²) in [5.74, 6) is 0.427. The van der Waals surface area contributed by atoms with Crippen molar-refractivity contribution < 1.29 is 9.53 Å². The quantitative estimate of drug-likeness (QED) is 0.734. The van der Waals surface area contributed by atoms with Gasteiger partial charge in [-0.1, -0.05) is 24.8 Å².